The van der Waals surface area contributed by atoms with E-state index in [1.165, 1.54) is 11.9 Å². The number of aromatic nitrogens is 1. The van der Waals surface area contributed by atoms with Crippen molar-refractivity contribution < 1.29 is 18.0 Å². The van der Waals surface area contributed by atoms with Gasteiger partial charge in [-0.3, -0.25) is 4.79 Å². The van der Waals surface area contributed by atoms with Crippen LogP contribution < -0.4 is 5.73 Å². The molecular weight excluding hydrogens is 327 g/mol. The topological polar surface area (TPSA) is 59.2 Å². The van der Waals surface area contributed by atoms with Crippen LogP contribution in [0.25, 0.3) is 0 Å². The molecule has 1 aromatic carbocycles. The molecule has 1 unspecified atom stereocenters. The highest BCUT2D eigenvalue weighted by Crippen LogP contribution is 2.30. The van der Waals surface area contributed by atoms with Crippen LogP contribution in [0.5, 0.6) is 0 Å². The quantitative estimate of drug-likeness (QED) is 0.928. The number of alkyl halides is 3. The number of benzene rings is 1. The molecule has 1 aromatic heterocycles. The Hall–Kier alpha value is -1.93. The monoisotopic (exact) mass is 343 g/mol. The van der Waals surface area contributed by atoms with E-state index in [-0.39, 0.29) is 17.5 Å². The minimum absolute atomic E-state index is 0.0147. The first kappa shape index (κ1) is 17.4. The summed E-state index contributed by atoms with van der Waals surface area (Å²) in [7, 11) is 1.49. The minimum Gasteiger partial charge on any atom is -0.337 e. The highest BCUT2D eigenvalue weighted by atomic mass is 32.1. The van der Waals surface area contributed by atoms with E-state index in [9.17, 15) is 18.0 Å². The van der Waals surface area contributed by atoms with Gasteiger partial charge in [0, 0.05) is 12.4 Å². The zero-order valence-corrected chi connectivity index (χ0v) is 13.4. The Labute approximate surface area is 135 Å². The molecular formula is C15H16F3N3OS. The molecule has 1 amide bonds. The summed E-state index contributed by atoms with van der Waals surface area (Å²) in [6, 6.07) is 6.36. The van der Waals surface area contributed by atoms with E-state index in [0.29, 0.717) is 5.56 Å². The molecule has 23 heavy (non-hydrogen) atoms. The van der Waals surface area contributed by atoms with Gasteiger partial charge in [-0.05, 0) is 12.5 Å². The van der Waals surface area contributed by atoms with Gasteiger partial charge in [0.2, 0.25) is 5.91 Å². The number of nitrogens with two attached hydrogens (primary N) is 1. The molecule has 2 N–H and O–H groups in total. The molecule has 0 saturated heterocycles. The fourth-order valence-electron chi connectivity index (χ4n) is 1.95. The number of amides is 1. The molecule has 0 aliphatic heterocycles. The fraction of sp³-hybridized carbons (Fsp3) is 0.333. The zero-order chi connectivity index (χ0) is 17.2. The molecule has 124 valence electrons. The number of thiazole rings is 1. The molecule has 2 rings (SSSR count). The van der Waals surface area contributed by atoms with Gasteiger partial charge in [-0.25, -0.2) is 4.98 Å². The Kier molecular flexibility index (Phi) is 5.06. The Morgan fingerprint density at radius 1 is 1.35 bits per heavy atom. The third-order valence-corrected chi connectivity index (χ3v) is 4.13. The van der Waals surface area contributed by atoms with Gasteiger partial charge in [-0.2, -0.15) is 13.2 Å². The zero-order valence-electron chi connectivity index (χ0n) is 12.6. The number of carbonyl (C=O) groups is 1. The summed E-state index contributed by atoms with van der Waals surface area (Å²) in [6.07, 6.45) is -4.48. The van der Waals surface area contributed by atoms with E-state index in [2.05, 4.69) is 4.98 Å². The molecule has 0 fully saturated rings. The predicted octanol–water partition coefficient (Wildman–Crippen LogP) is 3.13. The number of halogens is 3. The third kappa shape index (κ3) is 4.29. The largest absolute Gasteiger partial charge is 0.434 e. The molecule has 8 heteroatoms. The van der Waals surface area contributed by atoms with Crippen LogP contribution in [0.4, 0.5) is 13.2 Å². The summed E-state index contributed by atoms with van der Waals surface area (Å²) in [4.78, 5) is 17.1. The Balaban J connectivity index is 2.05. The van der Waals surface area contributed by atoms with Crippen molar-refractivity contribution in [2.75, 3.05) is 7.05 Å². The predicted molar refractivity (Wildman–Crippen MR) is 81.7 cm³/mol. The average Bonchev–Trinajstić information content (AvgIpc) is 2.95. The highest BCUT2D eigenvalue weighted by Gasteiger charge is 2.34. The number of aryl methyl sites for hydroxylation is 1. The van der Waals surface area contributed by atoms with Crippen molar-refractivity contribution in [1.29, 1.82) is 0 Å². The van der Waals surface area contributed by atoms with Crippen molar-refractivity contribution in [3.8, 4) is 0 Å². The van der Waals surface area contributed by atoms with Crippen LogP contribution in [0, 0.1) is 6.92 Å². The van der Waals surface area contributed by atoms with Gasteiger partial charge in [0.05, 0.1) is 6.54 Å². The van der Waals surface area contributed by atoms with Crippen molar-refractivity contribution >= 4 is 17.2 Å². The first-order valence-corrected chi connectivity index (χ1v) is 7.65. The van der Waals surface area contributed by atoms with Crippen LogP contribution in [-0.4, -0.2) is 22.8 Å². The van der Waals surface area contributed by atoms with Crippen molar-refractivity contribution in [2.45, 2.75) is 25.7 Å². The summed E-state index contributed by atoms with van der Waals surface area (Å²) >= 11 is 0.866. The van der Waals surface area contributed by atoms with Gasteiger partial charge in [-0.1, -0.05) is 29.8 Å². The average molecular weight is 343 g/mol. The summed E-state index contributed by atoms with van der Waals surface area (Å²) in [5.74, 6) is -0.377. The van der Waals surface area contributed by atoms with Crippen LogP contribution in [0.3, 0.4) is 0 Å². The van der Waals surface area contributed by atoms with E-state index in [1.807, 2.05) is 19.1 Å². The van der Waals surface area contributed by atoms with Gasteiger partial charge in [0.25, 0.3) is 0 Å². The van der Waals surface area contributed by atoms with E-state index in [1.54, 1.807) is 12.1 Å². The lowest BCUT2D eigenvalue weighted by atomic mass is 10.1. The van der Waals surface area contributed by atoms with E-state index in [0.717, 1.165) is 22.3 Å². The standard InChI is InChI=1S/C15H16F3N3OS/c1-9-3-5-10(6-4-9)13(19)14(22)21(2)7-12-20-11(8-23-12)15(16,17)18/h3-6,8,13H,7,19H2,1-2H3. The van der Waals surface area contributed by atoms with Crippen LogP contribution in [-0.2, 0) is 17.5 Å². The van der Waals surface area contributed by atoms with Crippen molar-refractivity contribution in [3.63, 3.8) is 0 Å². The van der Waals surface area contributed by atoms with Crippen molar-refractivity contribution in [3.05, 3.63) is 51.5 Å². The molecule has 0 aliphatic carbocycles. The minimum atomic E-state index is -4.48. The lowest BCUT2D eigenvalue weighted by molar-refractivity contribution is -0.140. The van der Waals surface area contributed by atoms with Crippen LogP contribution >= 0.6 is 11.3 Å². The number of likely N-dealkylation sites (N-methyl/N-ethyl adjacent to an activating group) is 1. The molecule has 1 heterocycles. The van der Waals surface area contributed by atoms with Gasteiger partial charge >= 0.3 is 6.18 Å². The molecule has 4 nitrogen and oxygen atoms in total. The highest BCUT2D eigenvalue weighted by molar-refractivity contribution is 7.09. The lowest BCUT2D eigenvalue weighted by Gasteiger charge is -2.20. The summed E-state index contributed by atoms with van der Waals surface area (Å²) in [5.41, 5.74) is 6.69. The summed E-state index contributed by atoms with van der Waals surface area (Å²) < 4.78 is 37.6. The van der Waals surface area contributed by atoms with Crippen LogP contribution in [0.2, 0.25) is 0 Å². The molecule has 2 aromatic rings. The third-order valence-electron chi connectivity index (χ3n) is 3.29. The molecule has 0 radical (unpaired) electrons. The maximum absolute atomic E-state index is 12.5. The number of hydrogen-bond donors (Lipinski definition) is 1. The first-order chi connectivity index (χ1) is 10.7. The Bertz CT molecular complexity index is 682. The normalized spacial score (nSPS) is 13.0. The van der Waals surface area contributed by atoms with Crippen LogP contribution in [0.1, 0.15) is 27.9 Å². The Morgan fingerprint density at radius 2 is 1.96 bits per heavy atom. The summed E-state index contributed by atoms with van der Waals surface area (Å²) in [5, 5.41) is 1.15. The maximum atomic E-state index is 12.5. The second-order valence-corrected chi connectivity index (χ2v) is 6.15. The second kappa shape index (κ2) is 6.67. The number of carbonyl (C=O) groups excluding carboxylic acids is 1. The number of nitrogens with zero attached hydrogens (tertiary/aromatic N) is 2. The first-order valence-electron chi connectivity index (χ1n) is 6.77. The Morgan fingerprint density at radius 3 is 2.48 bits per heavy atom. The maximum Gasteiger partial charge on any atom is 0.434 e. The smallest absolute Gasteiger partial charge is 0.337 e. The molecule has 0 aliphatic rings. The van der Waals surface area contributed by atoms with E-state index in [4.69, 9.17) is 5.73 Å². The van der Waals surface area contributed by atoms with Crippen LogP contribution in [0.15, 0.2) is 29.6 Å². The number of hydrogen-bond acceptors (Lipinski definition) is 4. The van der Waals surface area contributed by atoms with Gasteiger partial charge in [-0.15, -0.1) is 11.3 Å². The lowest BCUT2D eigenvalue weighted by Crippen LogP contribution is -2.35. The second-order valence-electron chi connectivity index (χ2n) is 5.21. The molecule has 0 spiro atoms. The molecule has 1 atom stereocenters. The summed E-state index contributed by atoms with van der Waals surface area (Å²) in [6.45, 7) is 1.91. The van der Waals surface area contributed by atoms with Gasteiger partial charge in [0.1, 0.15) is 11.0 Å². The van der Waals surface area contributed by atoms with Crippen molar-refractivity contribution in [1.82, 2.24) is 9.88 Å². The molecule has 0 saturated carbocycles. The van der Waals surface area contributed by atoms with Gasteiger partial charge in [0.15, 0.2) is 5.69 Å². The fourth-order valence-corrected chi connectivity index (χ4v) is 2.80. The number of rotatable bonds is 4. The van der Waals surface area contributed by atoms with Gasteiger partial charge < -0.3 is 10.6 Å². The van der Waals surface area contributed by atoms with E-state index < -0.39 is 17.9 Å². The van der Waals surface area contributed by atoms with Crippen molar-refractivity contribution in [2.24, 2.45) is 5.73 Å². The van der Waals surface area contributed by atoms with E-state index >= 15 is 0 Å². The molecule has 0 bridgehead atoms. The SMILES string of the molecule is Cc1ccc(C(N)C(=O)N(C)Cc2nc(C(F)(F)F)cs2)cc1.